The van der Waals surface area contributed by atoms with Crippen LogP contribution in [0.15, 0.2) is 55.1 Å². The second kappa shape index (κ2) is 7.44. The molecule has 0 aliphatic carbocycles. The van der Waals surface area contributed by atoms with Crippen molar-refractivity contribution in [2.24, 2.45) is 5.73 Å². The first kappa shape index (κ1) is 21.7. The van der Waals surface area contributed by atoms with Gasteiger partial charge in [-0.3, -0.25) is 9.59 Å². The lowest BCUT2D eigenvalue weighted by Crippen LogP contribution is -2.22. The van der Waals surface area contributed by atoms with Crippen molar-refractivity contribution in [2.45, 2.75) is 19.3 Å². The highest BCUT2D eigenvalue weighted by atomic mass is 19.4. The van der Waals surface area contributed by atoms with Crippen LogP contribution in [-0.4, -0.2) is 21.7 Å². The first-order chi connectivity index (χ1) is 16.1. The number of benzene rings is 3. The maximum Gasteiger partial charge on any atom is 0.416 e. The van der Waals surface area contributed by atoms with Crippen LogP contribution in [0.25, 0.3) is 32.9 Å². The van der Waals surface area contributed by atoms with Crippen LogP contribution in [0.5, 0.6) is 0 Å². The van der Waals surface area contributed by atoms with Gasteiger partial charge in [0, 0.05) is 34.9 Å². The fourth-order valence-electron chi connectivity index (χ4n) is 4.62. The summed E-state index contributed by atoms with van der Waals surface area (Å²) >= 11 is 0. The van der Waals surface area contributed by atoms with Crippen LogP contribution >= 0.6 is 0 Å². The molecule has 2 amide bonds. The number of alkyl halides is 3. The summed E-state index contributed by atoms with van der Waals surface area (Å²) in [7, 11) is 0. The Labute approximate surface area is 190 Å². The molecule has 1 aliphatic rings. The van der Waals surface area contributed by atoms with Crippen molar-refractivity contribution in [1.82, 2.24) is 9.88 Å². The van der Waals surface area contributed by atoms with E-state index < -0.39 is 23.5 Å². The highest BCUT2D eigenvalue weighted by Crippen LogP contribution is 2.43. The Morgan fingerprint density at radius 1 is 1.12 bits per heavy atom. The number of halogens is 4. The van der Waals surface area contributed by atoms with Gasteiger partial charge in [0.1, 0.15) is 5.82 Å². The van der Waals surface area contributed by atoms with Crippen molar-refractivity contribution in [1.29, 1.82) is 0 Å². The molecule has 5 nitrogen and oxygen atoms in total. The van der Waals surface area contributed by atoms with E-state index in [0.717, 1.165) is 23.8 Å². The van der Waals surface area contributed by atoms with Crippen molar-refractivity contribution in [2.75, 3.05) is 0 Å². The van der Waals surface area contributed by atoms with Crippen molar-refractivity contribution >= 4 is 33.6 Å². The topological polar surface area (TPSA) is 79.2 Å². The lowest BCUT2D eigenvalue weighted by atomic mass is 9.91. The molecule has 0 bridgehead atoms. The number of H-pyrrole nitrogens is 1. The van der Waals surface area contributed by atoms with Gasteiger partial charge in [0.25, 0.3) is 5.91 Å². The van der Waals surface area contributed by atoms with Crippen LogP contribution in [0.4, 0.5) is 17.6 Å². The van der Waals surface area contributed by atoms with Gasteiger partial charge in [-0.15, -0.1) is 0 Å². The van der Waals surface area contributed by atoms with Gasteiger partial charge in [-0.2, -0.15) is 13.2 Å². The van der Waals surface area contributed by atoms with Crippen molar-refractivity contribution < 1.29 is 27.2 Å². The number of aromatic nitrogens is 1. The first-order valence-electron chi connectivity index (χ1n) is 10.3. The zero-order valence-corrected chi connectivity index (χ0v) is 17.6. The van der Waals surface area contributed by atoms with E-state index in [1.54, 1.807) is 17.0 Å². The number of hydrogen-bond acceptors (Lipinski definition) is 2. The van der Waals surface area contributed by atoms with Gasteiger partial charge in [0.05, 0.1) is 16.6 Å². The van der Waals surface area contributed by atoms with Gasteiger partial charge in [0.15, 0.2) is 0 Å². The number of nitrogens with two attached hydrogens (primary N) is 1. The summed E-state index contributed by atoms with van der Waals surface area (Å²) in [6.07, 6.45) is -3.38. The standard InChI is InChI=1S/C25H17F4N3O2/c1-2-20(33)32-10-12-4-3-5-14(17(12)11-32)21-18(26)9-16(24(30)34)23-22(21)15-7-6-13(25(27,28)29)8-19(15)31-23/h2-9,31H,1,10-11H2,(H2,30,34). The number of fused-ring (bicyclic) bond motifs is 4. The van der Waals surface area contributed by atoms with Crippen LogP contribution < -0.4 is 5.73 Å². The normalized spacial score (nSPS) is 13.5. The van der Waals surface area contributed by atoms with E-state index >= 15 is 4.39 Å². The summed E-state index contributed by atoms with van der Waals surface area (Å²) in [6.45, 7) is 4.04. The Kier molecular flexibility index (Phi) is 4.75. The SMILES string of the molecule is C=CC(=O)N1Cc2cccc(-c3c(F)cc(C(N)=O)c4[nH]c5cc(C(F)(F)F)ccc5c34)c2C1. The third kappa shape index (κ3) is 3.23. The lowest BCUT2D eigenvalue weighted by Gasteiger charge is -2.14. The second-order valence-corrected chi connectivity index (χ2v) is 8.12. The van der Waals surface area contributed by atoms with Crippen molar-refractivity contribution in [3.63, 3.8) is 0 Å². The fraction of sp³-hybridized carbons (Fsp3) is 0.120. The average molecular weight is 467 g/mol. The van der Waals surface area contributed by atoms with E-state index in [1.807, 2.05) is 6.07 Å². The molecule has 1 aromatic heterocycles. The number of amides is 2. The Hall–Kier alpha value is -4.14. The number of hydrogen-bond donors (Lipinski definition) is 2. The number of carbonyl (C=O) groups excluding carboxylic acids is 2. The molecule has 2 heterocycles. The van der Waals surface area contributed by atoms with Crippen LogP contribution in [0.2, 0.25) is 0 Å². The Morgan fingerprint density at radius 3 is 2.56 bits per heavy atom. The molecule has 172 valence electrons. The maximum absolute atomic E-state index is 15.6. The van der Waals surface area contributed by atoms with Crippen LogP contribution in [0.3, 0.4) is 0 Å². The second-order valence-electron chi connectivity index (χ2n) is 8.12. The summed E-state index contributed by atoms with van der Waals surface area (Å²) in [5.41, 5.74) is 6.78. The zero-order valence-electron chi connectivity index (χ0n) is 17.6. The van der Waals surface area contributed by atoms with Gasteiger partial charge in [-0.05, 0) is 41.0 Å². The summed E-state index contributed by atoms with van der Waals surface area (Å²) < 4.78 is 55.4. The summed E-state index contributed by atoms with van der Waals surface area (Å²) in [4.78, 5) is 28.6. The fourth-order valence-corrected chi connectivity index (χ4v) is 4.62. The Balaban J connectivity index is 1.83. The molecule has 0 saturated heterocycles. The summed E-state index contributed by atoms with van der Waals surface area (Å²) in [6, 6.07) is 9.30. The molecule has 4 aromatic rings. The molecule has 9 heteroatoms. The summed E-state index contributed by atoms with van der Waals surface area (Å²) in [5.74, 6) is -1.94. The van der Waals surface area contributed by atoms with Crippen molar-refractivity contribution in [3.05, 3.63) is 83.2 Å². The Bertz CT molecular complexity index is 1540. The smallest absolute Gasteiger partial charge is 0.366 e. The highest BCUT2D eigenvalue weighted by Gasteiger charge is 2.32. The van der Waals surface area contributed by atoms with E-state index in [9.17, 15) is 22.8 Å². The number of nitrogens with zero attached hydrogens (tertiary/aromatic N) is 1. The molecule has 3 N–H and O–H groups in total. The minimum absolute atomic E-state index is 0.0928. The van der Waals surface area contributed by atoms with Crippen LogP contribution in [-0.2, 0) is 24.1 Å². The number of primary amides is 1. The predicted molar refractivity (Wildman–Crippen MR) is 119 cm³/mol. The lowest BCUT2D eigenvalue weighted by molar-refractivity contribution is -0.137. The molecule has 0 radical (unpaired) electrons. The molecule has 3 aromatic carbocycles. The van der Waals surface area contributed by atoms with E-state index in [1.165, 1.54) is 12.1 Å². The minimum atomic E-state index is -4.58. The quantitative estimate of drug-likeness (QED) is 0.318. The van der Waals surface area contributed by atoms with Gasteiger partial charge < -0.3 is 15.6 Å². The monoisotopic (exact) mass is 467 g/mol. The third-order valence-corrected chi connectivity index (χ3v) is 6.16. The van der Waals surface area contributed by atoms with E-state index in [2.05, 4.69) is 11.6 Å². The van der Waals surface area contributed by atoms with E-state index in [0.29, 0.717) is 23.1 Å². The van der Waals surface area contributed by atoms with Gasteiger partial charge in [-0.1, -0.05) is 30.8 Å². The molecule has 0 atom stereocenters. The number of aromatic amines is 1. The van der Waals surface area contributed by atoms with Crippen LogP contribution in [0, 0.1) is 5.82 Å². The van der Waals surface area contributed by atoms with Crippen molar-refractivity contribution in [3.8, 4) is 11.1 Å². The highest BCUT2D eigenvalue weighted by molar-refractivity contribution is 6.20. The molecule has 1 aliphatic heterocycles. The minimum Gasteiger partial charge on any atom is -0.366 e. The molecular weight excluding hydrogens is 450 g/mol. The maximum atomic E-state index is 15.6. The molecule has 5 rings (SSSR count). The number of carbonyl (C=O) groups is 2. The average Bonchev–Trinajstić information content (AvgIpc) is 3.39. The molecule has 34 heavy (non-hydrogen) atoms. The number of nitrogens with one attached hydrogen (secondary N) is 1. The van der Waals surface area contributed by atoms with Crippen LogP contribution in [0.1, 0.15) is 27.0 Å². The molecule has 0 unspecified atom stereocenters. The molecule has 0 fully saturated rings. The van der Waals surface area contributed by atoms with Gasteiger partial charge in [-0.25, -0.2) is 4.39 Å². The largest absolute Gasteiger partial charge is 0.416 e. The number of rotatable bonds is 3. The third-order valence-electron chi connectivity index (χ3n) is 6.16. The molecule has 0 saturated carbocycles. The first-order valence-corrected chi connectivity index (χ1v) is 10.3. The Morgan fingerprint density at radius 2 is 1.88 bits per heavy atom. The van der Waals surface area contributed by atoms with E-state index in [4.69, 9.17) is 5.73 Å². The zero-order chi connectivity index (χ0) is 24.4. The summed E-state index contributed by atoms with van der Waals surface area (Å²) in [5, 5.41) is 0.564. The predicted octanol–water partition coefficient (Wildman–Crippen LogP) is 5.27. The molecular formula is C25H17F4N3O2. The van der Waals surface area contributed by atoms with E-state index in [-0.39, 0.29) is 40.0 Å². The van der Waals surface area contributed by atoms with Gasteiger partial charge in [0.2, 0.25) is 5.91 Å². The molecule has 0 spiro atoms. The van der Waals surface area contributed by atoms with Gasteiger partial charge >= 0.3 is 6.18 Å².